The second-order valence-corrected chi connectivity index (χ2v) is 3.98. The van der Waals surface area contributed by atoms with Crippen LogP contribution in [-0.4, -0.2) is 39.5 Å². The summed E-state index contributed by atoms with van der Waals surface area (Å²) in [7, 11) is 0. The van der Waals surface area contributed by atoms with Crippen molar-refractivity contribution in [1.29, 1.82) is 0 Å². The number of rotatable bonds is 2. The van der Waals surface area contributed by atoms with Gasteiger partial charge in [-0.05, 0) is 0 Å². The van der Waals surface area contributed by atoms with Crippen LogP contribution in [0.2, 0.25) is 0 Å². The molecular formula is C9H11N3O4. The van der Waals surface area contributed by atoms with Crippen LogP contribution < -0.4 is 16.6 Å². The van der Waals surface area contributed by atoms with Crippen molar-refractivity contribution in [3.05, 3.63) is 33.1 Å². The number of hydrogen-bond acceptors (Lipinski definition) is 5. The predicted octanol–water partition coefficient (Wildman–Crippen LogP) is -2.23. The normalized spacial score (nSPS) is 36.1. The maximum absolute atomic E-state index is 11.5. The van der Waals surface area contributed by atoms with Crippen molar-refractivity contribution in [3.63, 3.8) is 0 Å². The molecule has 86 valence electrons. The van der Waals surface area contributed by atoms with Crippen molar-refractivity contribution in [2.45, 2.75) is 24.4 Å². The lowest BCUT2D eigenvalue weighted by atomic mass is 10.2. The molecule has 1 aromatic heterocycles. The summed E-state index contributed by atoms with van der Waals surface area (Å²) in [5, 5.41) is 12.2. The molecule has 0 spiro atoms. The first-order chi connectivity index (χ1) is 7.70. The molecule has 2 aliphatic rings. The van der Waals surface area contributed by atoms with Crippen molar-refractivity contribution < 1.29 is 9.84 Å². The number of aliphatic hydroxyl groups is 1. The summed E-state index contributed by atoms with van der Waals surface area (Å²) in [5.74, 6) is 0. The highest BCUT2D eigenvalue weighted by atomic mass is 16.5. The molecule has 7 heteroatoms. The number of nitrogens with zero attached hydrogens (tertiary/aromatic N) is 1. The van der Waals surface area contributed by atoms with Gasteiger partial charge >= 0.3 is 5.69 Å². The Bertz CT molecular complexity index is 522. The molecule has 0 bridgehead atoms. The lowest BCUT2D eigenvalue weighted by molar-refractivity contribution is -0.0446. The van der Waals surface area contributed by atoms with Crippen LogP contribution in [0, 0.1) is 0 Å². The van der Waals surface area contributed by atoms with Gasteiger partial charge in [0, 0.05) is 12.3 Å². The predicted molar refractivity (Wildman–Crippen MR) is 53.0 cm³/mol. The van der Waals surface area contributed by atoms with Crippen LogP contribution in [0.25, 0.3) is 0 Å². The van der Waals surface area contributed by atoms with Crippen LogP contribution in [0.3, 0.4) is 0 Å². The molecule has 7 nitrogen and oxygen atoms in total. The van der Waals surface area contributed by atoms with Crippen LogP contribution in [0.1, 0.15) is 6.23 Å². The number of aromatic amines is 1. The molecule has 2 aliphatic heterocycles. The van der Waals surface area contributed by atoms with Crippen LogP contribution >= 0.6 is 0 Å². The molecule has 2 fully saturated rings. The van der Waals surface area contributed by atoms with Gasteiger partial charge in [0.15, 0.2) is 6.23 Å². The first kappa shape index (κ1) is 9.76. The number of aliphatic hydroxyl groups excluding tert-OH is 1. The van der Waals surface area contributed by atoms with Gasteiger partial charge in [0.2, 0.25) is 0 Å². The van der Waals surface area contributed by atoms with E-state index in [1.807, 2.05) is 0 Å². The van der Waals surface area contributed by atoms with Gasteiger partial charge in [0.1, 0.15) is 6.10 Å². The standard InChI is InChI=1S/C9H11N3O4/c13-3-4-6-7(11-6)8(16-4)12-2-1-5(14)10-9(12)15/h1-2,4,6-8,11,13H,3H2,(H,10,14,15)/t4-,6?,7?,8-/m1/s1. The summed E-state index contributed by atoms with van der Waals surface area (Å²) < 4.78 is 6.84. The van der Waals surface area contributed by atoms with E-state index >= 15 is 0 Å². The van der Waals surface area contributed by atoms with Gasteiger partial charge in [0.25, 0.3) is 5.56 Å². The Morgan fingerprint density at radius 1 is 1.44 bits per heavy atom. The molecule has 3 N–H and O–H groups in total. The molecule has 0 aliphatic carbocycles. The van der Waals surface area contributed by atoms with E-state index in [1.165, 1.54) is 16.8 Å². The Hall–Kier alpha value is -1.44. The smallest absolute Gasteiger partial charge is 0.330 e. The Balaban J connectivity index is 1.94. The van der Waals surface area contributed by atoms with Crippen molar-refractivity contribution in [2.24, 2.45) is 0 Å². The molecule has 2 unspecified atom stereocenters. The third-order valence-electron chi connectivity index (χ3n) is 2.99. The molecule has 16 heavy (non-hydrogen) atoms. The van der Waals surface area contributed by atoms with Crippen LogP contribution in [0.5, 0.6) is 0 Å². The maximum Gasteiger partial charge on any atom is 0.330 e. The minimum Gasteiger partial charge on any atom is -0.394 e. The largest absolute Gasteiger partial charge is 0.394 e. The summed E-state index contributed by atoms with van der Waals surface area (Å²) >= 11 is 0. The first-order valence-corrected chi connectivity index (χ1v) is 5.04. The van der Waals surface area contributed by atoms with E-state index in [9.17, 15) is 9.59 Å². The lowest BCUT2D eigenvalue weighted by Gasteiger charge is -2.18. The minimum absolute atomic E-state index is 0.0424. The fraction of sp³-hybridized carbons (Fsp3) is 0.556. The van der Waals surface area contributed by atoms with E-state index in [0.717, 1.165) is 0 Å². The molecule has 1 aromatic rings. The van der Waals surface area contributed by atoms with E-state index in [-0.39, 0.29) is 24.8 Å². The van der Waals surface area contributed by atoms with Gasteiger partial charge in [-0.3, -0.25) is 14.3 Å². The fourth-order valence-corrected chi connectivity index (χ4v) is 2.14. The lowest BCUT2D eigenvalue weighted by Crippen LogP contribution is -2.35. The Kier molecular flexibility index (Phi) is 2.00. The zero-order valence-electron chi connectivity index (χ0n) is 8.29. The summed E-state index contributed by atoms with van der Waals surface area (Å²) in [5.41, 5.74) is -0.929. The average molecular weight is 225 g/mol. The van der Waals surface area contributed by atoms with E-state index in [2.05, 4.69) is 10.3 Å². The van der Waals surface area contributed by atoms with Crippen LogP contribution in [0.15, 0.2) is 21.9 Å². The molecule has 3 heterocycles. The highest BCUT2D eigenvalue weighted by Gasteiger charge is 2.56. The number of aromatic nitrogens is 2. The quantitative estimate of drug-likeness (QED) is 0.494. The monoisotopic (exact) mass is 225 g/mol. The Labute approximate surface area is 89.7 Å². The second-order valence-electron chi connectivity index (χ2n) is 3.98. The van der Waals surface area contributed by atoms with Crippen molar-refractivity contribution in [3.8, 4) is 0 Å². The molecule has 0 saturated carbocycles. The van der Waals surface area contributed by atoms with Crippen LogP contribution in [-0.2, 0) is 4.74 Å². The van der Waals surface area contributed by atoms with Gasteiger partial charge in [-0.15, -0.1) is 0 Å². The molecular weight excluding hydrogens is 214 g/mol. The average Bonchev–Trinajstić information content (AvgIpc) is 2.96. The summed E-state index contributed by atoms with van der Waals surface area (Å²) in [4.78, 5) is 24.6. The molecule has 0 amide bonds. The van der Waals surface area contributed by atoms with E-state index in [1.54, 1.807) is 0 Å². The van der Waals surface area contributed by atoms with Gasteiger partial charge < -0.3 is 15.2 Å². The minimum atomic E-state index is -0.497. The van der Waals surface area contributed by atoms with E-state index in [0.29, 0.717) is 0 Å². The fourth-order valence-electron chi connectivity index (χ4n) is 2.14. The zero-order chi connectivity index (χ0) is 11.3. The van der Waals surface area contributed by atoms with Crippen LogP contribution in [0.4, 0.5) is 0 Å². The van der Waals surface area contributed by atoms with Gasteiger partial charge in [-0.2, -0.15) is 0 Å². The van der Waals surface area contributed by atoms with Gasteiger partial charge in [-0.25, -0.2) is 4.79 Å². The zero-order valence-corrected chi connectivity index (χ0v) is 8.29. The van der Waals surface area contributed by atoms with Crippen molar-refractivity contribution in [1.82, 2.24) is 14.9 Å². The molecule has 3 rings (SSSR count). The number of H-pyrrole nitrogens is 1. The number of fused-ring (bicyclic) bond motifs is 1. The Morgan fingerprint density at radius 2 is 2.25 bits per heavy atom. The molecule has 4 atom stereocenters. The number of nitrogens with one attached hydrogen (secondary N) is 2. The van der Waals surface area contributed by atoms with Gasteiger partial charge in [0.05, 0.1) is 18.7 Å². The number of hydrogen-bond donors (Lipinski definition) is 3. The third-order valence-corrected chi connectivity index (χ3v) is 2.99. The summed E-state index contributed by atoms with van der Waals surface area (Å²) in [6.07, 6.45) is 0.670. The molecule has 0 aromatic carbocycles. The Morgan fingerprint density at radius 3 is 2.88 bits per heavy atom. The van der Waals surface area contributed by atoms with E-state index < -0.39 is 17.5 Å². The third kappa shape index (κ3) is 1.33. The second kappa shape index (κ2) is 3.27. The highest BCUT2D eigenvalue weighted by molar-refractivity contribution is 5.11. The maximum atomic E-state index is 11.5. The molecule has 2 saturated heterocycles. The first-order valence-electron chi connectivity index (χ1n) is 5.04. The highest BCUT2D eigenvalue weighted by Crippen LogP contribution is 2.37. The van der Waals surface area contributed by atoms with E-state index in [4.69, 9.17) is 9.84 Å². The number of morpholine rings is 1. The molecule has 0 radical (unpaired) electrons. The summed E-state index contributed by atoms with van der Waals surface area (Å²) in [6, 6.07) is 1.42. The number of ether oxygens (including phenoxy) is 1. The van der Waals surface area contributed by atoms with Crippen molar-refractivity contribution >= 4 is 0 Å². The van der Waals surface area contributed by atoms with Crippen molar-refractivity contribution in [2.75, 3.05) is 6.61 Å². The summed E-state index contributed by atoms with van der Waals surface area (Å²) in [6.45, 7) is -0.0806. The van der Waals surface area contributed by atoms with Gasteiger partial charge in [-0.1, -0.05) is 0 Å². The SMILES string of the molecule is O=c1ccn([C@@H]2O[C@H](CO)C3NC32)c(=O)[nH]1. The topological polar surface area (TPSA) is 106 Å².